The normalized spacial score (nSPS) is 11.5. The molecule has 0 bridgehead atoms. The molecular weight excluding hydrogens is 516 g/mol. The van der Waals surface area contributed by atoms with Gasteiger partial charge >= 0.3 is 0 Å². The summed E-state index contributed by atoms with van der Waals surface area (Å²) in [6.07, 6.45) is 48.6. The molecule has 43 heavy (non-hydrogen) atoms. The zero-order chi connectivity index (χ0) is 30.9. The molecule has 0 amide bonds. The maximum absolute atomic E-state index is 4.29. The van der Waals surface area contributed by atoms with Crippen LogP contribution in [0.1, 0.15) is 236 Å². The molecule has 0 saturated heterocycles. The van der Waals surface area contributed by atoms with Crippen molar-refractivity contribution in [2.45, 2.75) is 232 Å². The summed E-state index contributed by atoms with van der Waals surface area (Å²) < 4.78 is 0. The van der Waals surface area contributed by atoms with Crippen LogP contribution >= 0.6 is 0 Å². The smallest absolute Gasteiger partial charge is 0.0238 e. The van der Waals surface area contributed by atoms with Gasteiger partial charge < -0.3 is 0 Å². The second-order valence-electron chi connectivity index (χ2n) is 14.3. The van der Waals surface area contributed by atoms with Gasteiger partial charge in [0.2, 0.25) is 0 Å². The molecule has 0 N–H and O–H groups in total. The van der Waals surface area contributed by atoms with Gasteiger partial charge in [-0.2, -0.15) is 0 Å². The molecule has 0 spiro atoms. The van der Waals surface area contributed by atoms with Gasteiger partial charge in [-0.3, -0.25) is 0 Å². The lowest BCUT2D eigenvalue weighted by molar-refractivity contribution is 0.529. The van der Waals surface area contributed by atoms with Crippen molar-refractivity contribution in [2.24, 2.45) is 0 Å². The van der Waals surface area contributed by atoms with E-state index in [1.807, 2.05) is 0 Å². The Hall–Kier alpha value is -0.780. The van der Waals surface area contributed by atoms with Crippen molar-refractivity contribution in [3.8, 4) is 0 Å². The first-order valence-corrected chi connectivity index (χ1v) is 20.2. The van der Waals surface area contributed by atoms with Crippen molar-refractivity contribution in [2.75, 3.05) is 0 Å². The van der Waals surface area contributed by atoms with Gasteiger partial charge in [0.1, 0.15) is 0 Å². The van der Waals surface area contributed by atoms with Crippen LogP contribution in [0.4, 0.5) is 0 Å². The molecule has 0 fully saturated rings. The SMILES string of the molecule is [CH2]c1cc(CCCCCCCCCCCCCCCCCC)cc(CCCCCCCCCCCCCCCCCC)c1. The predicted octanol–water partition coefficient (Wildman–Crippen LogP) is 15.5. The van der Waals surface area contributed by atoms with E-state index in [-0.39, 0.29) is 0 Å². The fourth-order valence-corrected chi connectivity index (χ4v) is 6.88. The van der Waals surface area contributed by atoms with Gasteiger partial charge in [0.15, 0.2) is 0 Å². The Morgan fingerprint density at radius 1 is 0.302 bits per heavy atom. The Kier molecular flexibility index (Phi) is 30.5. The van der Waals surface area contributed by atoms with E-state index < -0.39 is 0 Å². The molecule has 0 aromatic heterocycles. The van der Waals surface area contributed by atoms with Crippen LogP contribution in [0.2, 0.25) is 0 Å². The molecule has 0 aliphatic rings. The molecule has 1 aromatic rings. The molecule has 251 valence electrons. The largest absolute Gasteiger partial charge is 0.0654 e. The maximum atomic E-state index is 4.29. The van der Waals surface area contributed by atoms with Crippen LogP contribution in [0.3, 0.4) is 0 Å². The molecule has 0 aliphatic heterocycles. The molecule has 1 aromatic carbocycles. The summed E-state index contributed by atoms with van der Waals surface area (Å²) in [7, 11) is 0. The summed E-state index contributed by atoms with van der Waals surface area (Å²) in [5.74, 6) is 0. The molecule has 1 radical (unpaired) electrons. The molecule has 0 heteroatoms. The van der Waals surface area contributed by atoms with Crippen molar-refractivity contribution < 1.29 is 0 Å². The minimum absolute atomic E-state index is 1.22. The fourth-order valence-electron chi connectivity index (χ4n) is 6.88. The van der Waals surface area contributed by atoms with Crippen LogP contribution in [0.15, 0.2) is 18.2 Å². The molecule has 0 unspecified atom stereocenters. The van der Waals surface area contributed by atoms with E-state index in [9.17, 15) is 0 Å². The Bertz CT molecular complexity index is 618. The third-order valence-electron chi connectivity index (χ3n) is 9.75. The number of hydrogen-bond acceptors (Lipinski definition) is 0. The highest BCUT2D eigenvalue weighted by Crippen LogP contribution is 2.19. The molecule has 0 nitrogen and oxygen atoms in total. The summed E-state index contributed by atoms with van der Waals surface area (Å²) in [6.45, 7) is 8.90. The summed E-state index contributed by atoms with van der Waals surface area (Å²) in [4.78, 5) is 0. The first-order chi connectivity index (χ1) is 21.3. The second-order valence-corrected chi connectivity index (χ2v) is 14.3. The number of hydrogen-bond donors (Lipinski definition) is 0. The van der Waals surface area contributed by atoms with E-state index in [4.69, 9.17) is 0 Å². The van der Waals surface area contributed by atoms with Crippen LogP contribution in [0, 0.1) is 6.92 Å². The zero-order valence-electron chi connectivity index (χ0n) is 30.0. The van der Waals surface area contributed by atoms with Gasteiger partial charge in [0.05, 0.1) is 0 Å². The number of rotatable bonds is 34. The third-order valence-corrected chi connectivity index (χ3v) is 9.75. The molecule has 0 aliphatic carbocycles. The topological polar surface area (TPSA) is 0 Å². The van der Waals surface area contributed by atoms with E-state index in [0.717, 1.165) is 0 Å². The number of benzene rings is 1. The van der Waals surface area contributed by atoms with Crippen molar-refractivity contribution >= 4 is 0 Å². The van der Waals surface area contributed by atoms with Gasteiger partial charge in [-0.05, 0) is 49.3 Å². The van der Waals surface area contributed by atoms with E-state index in [1.165, 1.54) is 235 Å². The molecular formula is C43H79. The standard InChI is InChI=1S/C43H79/c1-4-6-8-10-12-14-16-18-20-22-24-26-28-30-32-34-36-42-38-41(3)39-43(40-42)37-35-33-31-29-27-25-23-21-19-17-15-13-11-9-7-5-2/h38-40H,3-37H2,1-2H3. The Morgan fingerprint density at radius 3 is 0.744 bits per heavy atom. The Labute approximate surface area is 273 Å². The molecule has 0 saturated carbocycles. The zero-order valence-corrected chi connectivity index (χ0v) is 30.0. The van der Waals surface area contributed by atoms with Crippen molar-refractivity contribution in [1.82, 2.24) is 0 Å². The summed E-state index contributed by atoms with van der Waals surface area (Å²) in [5.41, 5.74) is 4.29. The lowest BCUT2D eigenvalue weighted by Gasteiger charge is -2.09. The van der Waals surface area contributed by atoms with Gasteiger partial charge in [-0.15, -0.1) is 0 Å². The van der Waals surface area contributed by atoms with Crippen LogP contribution < -0.4 is 0 Å². The van der Waals surface area contributed by atoms with E-state index in [1.54, 1.807) is 0 Å². The fraction of sp³-hybridized carbons (Fsp3) is 0.837. The van der Waals surface area contributed by atoms with Gasteiger partial charge in [0.25, 0.3) is 0 Å². The quantitative estimate of drug-likeness (QED) is 0.0695. The first kappa shape index (κ1) is 40.2. The molecule has 0 atom stereocenters. The monoisotopic (exact) mass is 596 g/mol. The number of aryl methyl sites for hydroxylation is 2. The van der Waals surface area contributed by atoms with Crippen LogP contribution in [0.5, 0.6) is 0 Å². The third kappa shape index (κ3) is 28.4. The second kappa shape index (κ2) is 32.6. The van der Waals surface area contributed by atoms with Gasteiger partial charge in [-0.25, -0.2) is 0 Å². The summed E-state index contributed by atoms with van der Waals surface area (Å²) >= 11 is 0. The number of unbranched alkanes of at least 4 members (excludes halogenated alkanes) is 30. The van der Waals surface area contributed by atoms with Crippen LogP contribution in [-0.4, -0.2) is 0 Å². The minimum Gasteiger partial charge on any atom is -0.0654 e. The highest BCUT2D eigenvalue weighted by Gasteiger charge is 2.02. The van der Waals surface area contributed by atoms with E-state index >= 15 is 0 Å². The Morgan fingerprint density at radius 2 is 0.512 bits per heavy atom. The minimum atomic E-state index is 1.22. The van der Waals surface area contributed by atoms with Crippen LogP contribution in [-0.2, 0) is 12.8 Å². The maximum Gasteiger partial charge on any atom is -0.0238 e. The highest BCUT2D eigenvalue weighted by molar-refractivity contribution is 5.32. The lowest BCUT2D eigenvalue weighted by atomic mass is 9.97. The van der Waals surface area contributed by atoms with Crippen molar-refractivity contribution in [3.63, 3.8) is 0 Å². The molecule has 1 rings (SSSR count). The predicted molar refractivity (Wildman–Crippen MR) is 197 cm³/mol. The Balaban J connectivity index is 1.91. The average molecular weight is 596 g/mol. The summed E-state index contributed by atoms with van der Waals surface area (Å²) in [5, 5.41) is 0. The van der Waals surface area contributed by atoms with Crippen LogP contribution in [0.25, 0.3) is 0 Å². The highest BCUT2D eigenvalue weighted by atomic mass is 14.1. The molecule has 0 heterocycles. The summed E-state index contributed by atoms with van der Waals surface area (Å²) in [6, 6.07) is 7.16. The van der Waals surface area contributed by atoms with Crippen molar-refractivity contribution in [1.29, 1.82) is 0 Å². The average Bonchev–Trinajstić information content (AvgIpc) is 3.00. The van der Waals surface area contributed by atoms with E-state index in [0.29, 0.717) is 0 Å². The van der Waals surface area contributed by atoms with Gasteiger partial charge in [-0.1, -0.05) is 225 Å². The van der Waals surface area contributed by atoms with Crippen molar-refractivity contribution in [3.05, 3.63) is 41.8 Å². The van der Waals surface area contributed by atoms with Gasteiger partial charge in [0, 0.05) is 0 Å². The first-order valence-electron chi connectivity index (χ1n) is 20.2. The lowest BCUT2D eigenvalue weighted by Crippen LogP contribution is -1.93. The van der Waals surface area contributed by atoms with E-state index in [2.05, 4.69) is 39.0 Å².